The molecule has 3 rings (SSSR count). The van der Waals surface area contributed by atoms with E-state index in [1.165, 1.54) is 22.5 Å². The van der Waals surface area contributed by atoms with Gasteiger partial charge >= 0.3 is 0 Å². The van der Waals surface area contributed by atoms with Crippen LogP contribution < -0.4 is 10.6 Å². The fraction of sp³-hybridized carbons (Fsp3) is 0.429. The molecule has 2 aliphatic rings. The van der Waals surface area contributed by atoms with Gasteiger partial charge in [0.1, 0.15) is 6.42 Å². The maximum atomic E-state index is 12.6. The number of hydrogen-bond donors (Lipinski definition) is 2. The van der Waals surface area contributed by atoms with Crippen LogP contribution in [-0.2, 0) is 19.6 Å². The van der Waals surface area contributed by atoms with Crippen molar-refractivity contribution >= 4 is 33.2 Å². The highest BCUT2D eigenvalue weighted by Crippen LogP contribution is 2.29. The van der Waals surface area contributed by atoms with Crippen molar-refractivity contribution in [2.75, 3.05) is 23.7 Å². The van der Waals surface area contributed by atoms with Crippen LogP contribution in [0.1, 0.15) is 25.7 Å². The molecule has 1 saturated heterocycles. The van der Waals surface area contributed by atoms with E-state index in [0.29, 0.717) is 24.5 Å². The van der Waals surface area contributed by atoms with E-state index in [1.54, 1.807) is 0 Å². The number of nitrogens with zero attached hydrogens (tertiary/aromatic N) is 1. The van der Waals surface area contributed by atoms with Gasteiger partial charge in [-0.1, -0.05) is 6.42 Å². The Morgan fingerprint density at radius 3 is 2.23 bits per heavy atom. The van der Waals surface area contributed by atoms with Gasteiger partial charge in [0.25, 0.3) is 0 Å². The smallest absolute Gasteiger partial charge is 0.243 e. The maximum absolute atomic E-state index is 12.6. The van der Waals surface area contributed by atoms with Gasteiger partial charge in [-0.05, 0) is 31.0 Å². The number of nitrogens with one attached hydrogen (secondary N) is 2. The van der Waals surface area contributed by atoms with Gasteiger partial charge in [-0.2, -0.15) is 4.31 Å². The summed E-state index contributed by atoms with van der Waals surface area (Å²) in [5, 5.41) is 5.14. The number of benzene rings is 1. The number of carbonyl (C=O) groups is 2. The van der Waals surface area contributed by atoms with Crippen LogP contribution in [0, 0.1) is 0 Å². The van der Waals surface area contributed by atoms with E-state index in [-0.39, 0.29) is 11.3 Å². The third kappa shape index (κ3) is 2.84. The topological polar surface area (TPSA) is 95.6 Å². The average molecular weight is 323 g/mol. The number of fused-ring (bicyclic) bond motifs is 1. The van der Waals surface area contributed by atoms with Crippen molar-refractivity contribution in [2.24, 2.45) is 0 Å². The number of hydrogen-bond acceptors (Lipinski definition) is 4. The van der Waals surface area contributed by atoms with Crippen molar-refractivity contribution < 1.29 is 18.0 Å². The minimum atomic E-state index is -3.57. The summed E-state index contributed by atoms with van der Waals surface area (Å²) in [6.45, 7) is 1.03. The summed E-state index contributed by atoms with van der Waals surface area (Å²) in [4.78, 5) is 23.2. The zero-order valence-electron chi connectivity index (χ0n) is 12.0. The molecular formula is C14H17N3O4S. The van der Waals surface area contributed by atoms with Crippen molar-refractivity contribution in [3.8, 4) is 0 Å². The van der Waals surface area contributed by atoms with Crippen molar-refractivity contribution in [3.05, 3.63) is 18.2 Å². The van der Waals surface area contributed by atoms with Gasteiger partial charge in [-0.25, -0.2) is 8.42 Å². The summed E-state index contributed by atoms with van der Waals surface area (Å²) < 4.78 is 26.7. The van der Waals surface area contributed by atoms with Crippen LogP contribution in [-0.4, -0.2) is 37.6 Å². The molecule has 1 fully saturated rings. The third-order valence-corrected chi connectivity index (χ3v) is 5.71. The summed E-state index contributed by atoms with van der Waals surface area (Å²) in [7, 11) is -3.57. The first-order valence-corrected chi connectivity index (χ1v) is 8.65. The second-order valence-corrected chi connectivity index (χ2v) is 7.38. The van der Waals surface area contributed by atoms with E-state index in [9.17, 15) is 18.0 Å². The average Bonchev–Trinajstić information content (AvgIpc) is 2.63. The summed E-state index contributed by atoms with van der Waals surface area (Å²) in [5.41, 5.74) is 0.724. The molecule has 2 amide bonds. The number of amides is 2. The van der Waals surface area contributed by atoms with Crippen LogP contribution in [0.25, 0.3) is 0 Å². The molecule has 0 saturated carbocycles. The van der Waals surface area contributed by atoms with Gasteiger partial charge in [0.2, 0.25) is 21.8 Å². The van der Waals surface area contributed by atoms with Crippen LogP contribution in [0.3, 0.4) is 0 Å². The molecule has 0 spiro atoms. The lowest BCUT2D eigenvalue weighted by Crippen LogP contribution is -2.35. The Kier molecular flexibility index (Phi) is 3.88. The number of piperidine rings is 1. The van der Waals surface area contributed by atoms with E-state index in [1.807, 2.05) is 0 Å². The van der Waals surface area contributed by atoms with Gasteiger partial charge in [0, 0.05) is 13.1 Å². The number of rotatable bonds is 2. The highest BCUT2D eigenvalue weighted by Gasteiger charge is 2.27. The Bertz CT molecular complexity index is 724. The maximum Gasteiger partial charge on any atom is 0.243 e. The van der Waals surface area contributed by atoms with E-state index >= 15 is 0 Å². The first-order valence-electron chi connectivity index (χ1n) is 7.21. The van der Waals surface area contributed by atoms with Crippen LogP contribution in [0.15, 0.2) is 23.1 Å². The second kappa shape index (κ2) is 5.69. The first-order chi connectivity index (χ1) is 10.5. The zero-order valence-corrected chi connectivity index (χ0v) is 12.8. The van der Waals surface area contributed by atoms with Crippen molar-refractivity contribution in [1.82, 2.24) is 4.31 Å². The molecule has 7 nitrogen and oxygen atoms in total. The van der Waals surface area contributed by atoms with Crippen LogP contribution in [0.2, 0.25) is 0 Å². The van der Waals surface area contributed by atoms with Crippen molar-refractivity contribution in [3.63, 3.8) is 0 Å². The summed E-state index contributed by atoms with van der Waals surface area (Å²) in [6.07, 6.45) is 2.48. The second-order valence-electron chi connectivity index (χ2n) is 5.45. The van der Waals surface area contributed by atoms with Crippen LogP contribution in [0.4, 0.5) is 11.4 Å². The first kappa shape index (κ1) is 15.0. The van der Waals surface area contributed by atoms with Gasteiger partial charge < -0.3 is 10.6 Å². The predicted molar refractivity (Wildman–Crippen MR) is 80.9 cm³/mol. The Morgan fingerprint density at radius 2 is 1.55 bits per heavy atom. The highest BCUT2D eigenvalue weighted by atomic mass is 32.2. The van der Waals surface area contributed by atoms with Crippen LogP contribution >= 0.6 is 0 Å². The monoisotopic (exact) mass is 323 g/mol. The molecule has 2 heterocycles. The minimum Gasteiger partial charge on any atom is -0.324 e. The third-order valence-electron chi connectivity index (χ3n) is 3.81. The van der Waals surface area contributed by atoms with E-state index in [4.69, 9.17) is 0 Å². The summed E-state index contributed by atoms with van der Waals surface area (Å²) >= 11 is 0. The van der Waals surface area contributed by atoms with Gasteiger partial charge in [0.15, 0.2) is 0 Å². The Hall–Kier alpha value is -1.93. The lowest BCUT2D eigenvalue weighted by molar-refractivity contribution is -0.123. The molecule has 2 aliphatic heterocycles. The van der Waals surface area contributed by atoms with Crippen molar-refractivity contribution in [2.45, 2.75) is 30.6 Å². The normalized spacial score (nSPS) is 19.8. The molecule has 1 aromatic rings. The lowest BCUT2D eigenvalue weighted by atomic mass is 10.2. The SMILES string of the molecule is O=C1CC(=O)Nc2cc(S(=O)(=O)N3CCCCC3)ccc2N1. The molecule has 8 heteroatoms. The largest absolute Gasteiger partial charge is 0.324 e. The number of anilines is 2. The summed E-state index contributed by atoms with van der Waals surface area (Å²) in [6, 6.07) is 4.37. The van der Waals surface area contributed by atoms with Crippen molar-refractivity contribution in [1.29, 1.82) is 0 Å². The van der Waals surface area contributed by atoms with E-state index < -0.39 is 21.8 Å². The number of sulfonamides is 1. The van der Waals surface area contributed by atoms with E-state index in [2.05, 4.69) is 10.6 Å². The Morgan fingerprint density at radius 1 is 0.909 bits per heavy atom. The van der Waals surface area contributed by atoms with Gasteiger partial charge in [-0.3, -0.25) is 9.59 Å². The zero-order chi connectivity index (χ0) is 15.7. The molecular weight excluding hydrogens is 306 g/mol. The Labute approximate surface area is 128 Å². The molecule has 22 heavy (non-hydrogen) atoms. The van der Waals surface area contributed by atoms with Gasteiger partial charge in [0.05, 0.1) is 16.3 Å². The molecule has 0 unspecified atom stereocenters. The molecule has 0 radical (unpaired) electrons. The molecule has 0 bridgehead atoms. The minimum absolute atomic E-state index is 0.129. The fourth-order valence-corrected chi connectivity index (χ4v) is 4.23. The Balaban J connectivity index is 1.96. The van der Waals surface area contributed by atoms with Gasteiger partial charge in [-0.15, -0.1) is 0 Å². The summed E-state index contributed by atoms with van der Waals surface area (Å²) in [5.74, 6) is -0.869. The van der Waals surface area contributed by atoms with Crippen LogP contribution in [0.5, 0.6) is 0 Å². The standard InChI is InChI=1S/C14H17N3O4S/c18-13-9-14(19)16-12-8-10(4-5-11(12)15-13)22(20,21)17-6-2-1-3-7-17/h4-5,8H,1-3,6-7,9H2,(H,15,18)(H,16,19). The molecule has 0 atom stereocenters. The molecule has 0 aliphatic carbocycles. The quantitative estimate of drug-likeness (QED) is 0.798. The highest BCUT2D eigenvalue weighted by molar-refractivity contribution is 7.89. The fourth-order valence-electron chi connectivity index (χ4n) is 2.69. The van der Waals surface area contributed by atoms with E-state index in [0.717, 1.165) is 19.3 Å². The molecule has 2 N–H and O–H groups in total. The molecule has 1 aromatic carbocycles. The lowest BCUT2D eigenvalue weighted by Gasteiger charge is -2.26. The molecule has 0 aromatic heterocycles. The number of carbonyl (C=O) groups excluding carboxylic acids is 2. The molecule has 118 valence electrons. The predicted octanol–water partition coefficient (Wildman–Crippen LogP) is 1.14.